The minimum absolute atomic E-state index is 0.0528. The van der Waals surface area contributed by atoms with E-state index in [4.69, 9.17) is 4.74 Å². The Kier molecular flexibility index (Phi) is 8.37. The van der Waals surface area contributed by atoms with E-state index in [9.17, 15) is 15.0 Å². The largest absolute Gasteiger partial charge is 0.497 e. The monoisotopic (exact) mass is 481 g/mol. The molecule has 1 fully saturated rings. The first-order valence-electron chi connectivity index (χ1n) is 11.6. The van der Waals surface area contributed by atoms with Crippen molar-refractivity contribution in [3.8, 4) is 5.75 Å². The van der Waals surface area contributed by atoms with E-state index in [2.05, 4.69) is 14.9 Å². The lowest BCUT2D eigenvalue weighted by atomic mass is 9.81. The lowest BCUT2D eigenvalue weighted by Gasteiger charge is -2.37. The van der Waals surface area contributed by atoms with E-state index in [1.807, 2.05) is 42.6 Å². The number of aromatic nitrogens is 2. The number of rotatable bonds is 10. The number of thioether (sulfide) groups is 1. The van der Waals surface area contributed by atoms with Gasteiger partial charge < -0.3 is 19.8 Å². The molecule has 0 bridgehead atoms. The minimum atomic E-state index is -0.747. The zero-order valence-corrected chi connectivity index (χ0v) is 20.2. The van der Waals surface area contributed by atoms with E-state index in [-0.39, 0.29) is 5.92 Å². The molecule has 0 aliphatic carbocycles. The molecule has 3 atom stereocenters. The number of nitrogens with zero attached hydrogens (tertiary/aromatic N) is 3. The molecule has 180 valence electrons. The number of piperidine rings is 1. The molecule has 0 radical (unpaired) electrons. The molecule has 0 spiro atoms. The second-order valence-electron chi connectivity index (χ2n) is 8.71. The number of pyridine rings is 2. The number of methoxy groups -OCH3 is 1. The second-order valence-corrected chi connectivity index (χ2v) is 9.88. The average molecular weight is 482 g/mol. The van der Waals surface area contributed by atoms with Gasteiger partial charge in [0.15, 0.2) is 0 Å². The molecule has 2 aromatic heterocycles. The number of aliphatic hydroxyl groups is 1. The summed E-state index contributed by atoms with van der Waals surface area (Å²) in [5.41, 5.74) is 1.61. The van der Waals surface area contributed by atoms with Crippen LogP contribution in [0.25, 0.3) is 10.9 Å². The maximum Gasteiger partial charge on any atom is 0.308 e. The summed E-state index contributed by atoms with van der Waals surface area (Å²) in [6.07, 6.45) is 6.65. The van der Waals surface area contributed by atoms with E-state index >= 15 is 0 Å². The van der Waals surface area contributed by atoms with Crippen LogP contribution in [0.3, 0.4) is 0 Å². The fraction of sp³-hybridized carbons (Fsp3) is 0.423. The Morgan fingerprint density at radius 3 is 2.94 bits per heavy atom. The summed E-state index contributed by atoms with van der Waals surface area (Å²) >= 11 is 1.74. The number of carboxylic acids is 1. The number of carboxylic acid groups (broad SMARTS) is 1. The van der Waals surface area contributed by atoms with Gasteiger partial charge in [-0.05, 0) is 73.7 Å². The molecule has 2 N–H and O–H groups in total. The Hall–Kier alpha value is -2.68. The fourth-order valence-electron chi connectivity index (χ4n) is 4.71. The van der Waals surface area contributed by atoms with Crippen LogP contribution in [0, 0.1) is 11.8 Å². The molecule has 1 aliphatic heterocycles. The lowest BCUT2D eigenvalue weighted by molar-refractivity contribution is -0.146. The molecule has 0 unspecified atom stereocenters. The molecule has 4 rings (SSSR count). The number of hydrogen-bond acceptors (Lipinski definition) is 7. The van der Waals surface area contributed by atoms with Crippen molar-refractivity contribution in [2.24, 2.45) is 11.8 Å². The van der Waals surface area contributed by atoms with Gasteiger partial charge >= 0.3 is 5.97 Å². The molecule has 3 heterocycles. The van der Waals surface area contributed by atoms with Crippen LogP contribution in [0.4, 0.5) is 0 Å². The van der Waals surface area contributed by atoms with Crippen molar-refractivity contribution < 1.29 is 19.7 Å². The number of aliphatic hydroxyl groups excluding tert-OH is 1. The van der Waals surface area contributed by atoms with Gasteiger partial charge in [0.2, 0.25) is 0 Å². The van der Waals surface area contributed by atoms with E-state index in [0.29, 0.717) is 25.1 Å². The first-order valence-corrected chi connectivity index (χ1v) is 12.6. The van der Waals surface area contributed by atoms with E-state index in [0.717, 1.165) is 46.6 Å². The highest BCUT2D eigenvalue weighted by atomic mass is 32.2. The first-order chi connectivity index (χ1) is 16.5. The third-order valence-corrected chi connectivity index (χ3v) is 7.58. The van der Waals surface area contributed by atoms with E-state index in [1.54, 1.807) is 31.3 Å². The Bertz CT molecular complexity index is 1100. The van der Waals surface area contributed by atoms with Crippen molar-refractivity contribution >= 4 is 28.6 Å². The third-order valence-electron chi connectivity index (χ3n) is 6.62. The number of ether oxygens (including phenoxy) is 1. The van der Waals surface area contributed by atoms with Gasteiger partial charge in [-0.25, -0.2) is 0 Å². The third kappa shape index (κ3) is 6.05. The summed E-state index contributed by atoms with van der Waals surface area (Å²) in [5.74, 6) is 0.507. The van der Waals surface area contributed by atoms with Crippen LogP contribution in [0.2, 0.25) is 0 Å². The van der Waals surface area contributed by atoms with Crippen molar-refractivity contribution in [2.45, 2.75) is 30.3 Å². The maximum absolute atomic E-state index is 12.0. The van der Waals surface area contributed by atoms with E-state index in [1.165, 1.54) is 0 Å². The van der Waals surface area contributed by atoms with Crippen molar-refractivity contribution in [3.05, 3.63) is 60.6 Å². The van der Waals surface area contributed by atoms with Gasteiger partial charge in [-0.1, -0.05) is 0 Å². The van der Waals surface area contributed by atoms with Gasteiger partial charge in [0.05, 0.1) is 24.6 Å². The molecule has 34 heavy (non-hydrogen) atoms. The normalized spacial score (nSPS) is 19.7. The Morgan fingerprint density at radius 1 is 1.29 bits per heavy atom. The highest BCUT2D eigenvalue weighted by Crippen LogP contribution is 2.34. The number of benzene rings is 1. The summed E-state index contributed by atoms with van der Waals surface area (Å²) in [6, 6.07) is 11.4. The summed E-state index contributed by atoms with van der Waals surface area (Å²) in [6.45, 7) is 2.29. The number of aliphatic carboxylic acids is 1. The molecular weight excluding hydrogens is 450 g/mol. The number of carbonyl (C=O) groups is 1. The van der Waals surface area contributed by atoms with Gasteiger partial charge in [-0.3, -0.25) is 14.8 Å². The van der Waals surface area contributed by atoms with Crippen molar-refractivity contribution in [1.29, 1.82) is 0 Å². The molecule has 1 aromatic carbocycles. The highest BCUT2D eigenvalue weighted by molar-refractivity contribution is 7.99. The number of likely N-dealkylation sites (tertiary alicyclic amines) is 1. The summed E-state index contributed by atoms with van der Waals surface area (Å²) in [4.78, 5) is 23.9. The van der Waals surface area contributed by atoms with Gasteiger partial charge in [0, 0.05) is 47.7 Å². The second kappa shape index (κ2) is 11.6. The summed E-state index contributed by atoms with van der Waals surface area (Å²) in [7, 11) is 1.61. The van der Waals surface area contributed by atoms with Crippen LogP contribution in [0.1, 0.15) is 30.9 Å². The van der Waals surface area contributed by atoms with Crippen LogP contribution in [-0.4, -0.2) is 63.5 Å². The zero-order valence-electron chi connectivity index (χ0n) is 19.3. The fourth-order valence-corrected chi connectivity index (χ4v) is 5.61. The lowest BCUT2D eigenvalue weighted by Crippen LogP contribution is -2.44. The summed E-state index contributed by atoms with van der Waals surface area (Å²) in [5, 5.41) is 21.7. The molecule has 3 aromatic rings. The smallest absolute Gasteiger partial charge is 0.308 e. The minimum Gasteiger partial charge on any atom is -0.497 e. The van der Waals surface area contributed by atoms with Crippen LogP contribution in [0.15, 0.2) is 59.9 Å². The quantitative estimate of drug-likeness (QED) is 0.415. The van der Waals surface area contributed by atoms with Gasteiger partial charge in [0.1, 0.15) is 5.75 Å². The molecule has 0 saturated carbocycles. The molecule has 1 saturated heterocycles. The molecule has 8 heteroatoms. The first kappa shape index (κ1) is 24.4. The molecule has 1 aliphatic rings. The molecular formula is C26H31N3O4S. The Morgan fingerprint density at radius 2 is 2.18 bits per heavy atom. The van der Waals surface area contributed by atoms with Gasteiger partial charge in [-0.2, -0.15) is 0 Å². The predicted octanol–water partition coefficient (Wildman–Crippen LogP) is 4.27. The average Bonchev–Trinajstić information content (AvgIpc) is 2.87. The zero-order chi connectivity index (χ0) is 23.9. The summed E-state index contributed by atoms with van der Waals surface area (Å²) < 4.78 is 5.33. The predicted molar refractivity (Wildman–Crippen MR) is 133 cm³/mol. The van der Waals surface area contributed by atoms with Crippen LogP contribution >= 0.6 is 11.8 Å². The van der Waals surface area contributed by atoms with E-state index < -0.39 is 18.0 Å². The van der Waals surface area contributed by atoms with Crippen molar-refractivity contribution in [3.63, 3.8) is 0 Å². The highest BCUT2D eigenvalue weighted by Gasteiger charge is 2.34. The van der Waals surface area contributed by atoms with Gasteiger partial charge in [0.25, 0.3) is 0 Å². The van der Waals surface area contributed by atoms with Crippen molar-refractivity contribution in [2.75, 3.05) is 32.5 Å². The van der Waals surface area contributed by atoms with Crippen molar-refractivity contribution in [1.82, 2.24) is 14.9 Å². The number of hydrogen-bond donors (Lipinski definition) is 2. The SMILES string of the molecule is COc1ccc2nccc([C@H](O)CC[C@@H]3CCN(CCSc4cccnc4)C[C@@H]3C(=O)O)c2c1. The Balaban J connectivity index is 1.34. The van der Waals surface area contributed by atoms with Gasteiger partial charge in [-0.15, -0.1) is 11.8 Å². The van der Waals surface area contributed by atoms with Crippen LogP contribution in [-0.2, 0) is 4.79 Å². The molecule has 7 nitrogen and oxygen atoms in total. The Labute approximate surface area is 204 Å². The van der Waals surface area contributed by atoms with Crippen LogP contribution in [0.5, 0.6) is 5.75 Å². The number of fused-ring (bicyclic) bond motifs is 1. The maximum atomic E-state index is 12.0. The standard InChI is InChI=1S/C26H31N3O4S/c1-33-19-5-6-24-22(15-19)21(8-11-28-24)25(30)7-4-18-9-12-29(17-23(18)26(31)32)13-14-34-20-3-2-10-27-16-20/h2-3,5-6,8,10-11,15-16,18,23,25,30H,4,7,9,12-14,17H2,1H3,(H,31,32)/t18-,23+,25-/m1/s1. The molecule has 0 amide bonds. The van der Waals surface area contributed by atoms with Crippen LogP contribution < -0.4 is 4.74 Å². The topological polar surface area (TPSA) is 95.8 Å².